The summed E-state index contributed by atoms with van der Waals surface area (Å²) in [6, 6.07) is 8.31. The highest BCUT2D eigenvalue weighted by atomic mass is 32.2. The molecule has 172 valence electrons. The number of hydrogen-bond donors (Lipinski definition) is 0. The van der Waals surface area contributed by atoms with Gasteiger partial charge in [0, 0.05) is 13.1 Å². The number of sulfonamides is 1. The summed E-state index contributed by atoms with van der Waals surface area (Å²) in [6.07, 6.45) is 4.44. The van der Waals surface area contributed by atoms with Crippen molar-refractivity contribution in [2.45, 2.75) is 71.1 Å². The average Bonchev–Trinajstić information content (AvgIpc) is 3.34. The molecule has 32 heavy (non-hydrogen) atoms. The molecular formula is C26H33NO4S. The Bertz CT molecular complexity index is 1130. The largest absolute Gasteiger partial charge is 0.469 e. The first kappa shape index (κ1) is 23.0. The molecule has 0 N–H and O–H groups in total. The minimum absolute atomic E-state index is 0.212. The van der Waals surface area contributed by atoms with E-state index in [0.29, 0.717) is 19.5 Å². The van der Waals surface area contributed by atoms with Crippen LogP contribution in [0.4, 0.5) is 0 Å². The Labute approximate surface area is 191 Å². The number of nitrogens with zero attached hydrogens (tertiary/aromatic N) is 1. The van der Waals surface area contributed by atoms with E-state index in [2.05, 4.69) is 45.0 Å². The van der Waals surface area contributed by atoms with E-state index in [1.807, 2.05) is 0 Å². The molecule has 1 aliphatic heterocycles. The van der Waals surface area contributed by atoms with Crippen LogP contribution >= 0.6 is 0 Å². The Hall–Kier alpha value is -2.18. The Kier molecular flexibility index (Phi) is 6.46. The van der Waals surface area contributed by atoms with Crippen molar-refractivity contribution in [3.8, 4) is 11.1 Å². The second-order valence-electron chi connectivity index (χ2n) is 9.21. The molecule has 1 fully saturated rings. The van der Waals surface area contributed by atoms with Gasteiger partial charge in [0.1, 0.15) is 0 Å². The number of rotatable bonds is 5. The number of carbonyl (C=O) groups excluding carboxylic acids is 1. The van der Waals surface area contributed by atoms with Crippen molar-refractivity contribution in [3.05, 3.63) is 57.6 Å². The number of esters is 1. The molecule has 0 saturated heterocycles. The van der Waals surface area contributed by atoms with Crippen LogP contribution in [-0.2, 0) is 38.9 Å². The fraction of sp³-hybridized carbons (Fsp3) is 0.500. The summed E-state index contributed by atoms with van der Waals surface area (Å²) >= 11 is 0. The SMILES string of the molecule is COC(=O)Cc1c(C)c2c(c(C)c1-c1ccc(C)cc1)CN(S(=O)(=O)C1CCCC1)CC2. The molecule has 1 aliphatic carbocycles. The van der Waals surface area contributed by atoms with Crippen molar-refractivity contribution >= 4 is 16.0 Å². The standard InChI is InChI=1S/C26H33NO4S/c1-17-9-11-20(12-10-17)26-19(3)24-16-27(32(29,30)21-7-5-6-8-21)14-13-22(24)18(2)23(26)15-25(28)31-4/h9-12,21H,5-8,13-16H2,1-4H3. The van der Waals surface area contributed by atoms with Gasteiger partial charge in [0.05, 0.1) is 18.8 Å². The topological polar surface area (TPSA) is 63.7 Å². The molecule has 2 aliphatic rings. The molecule has 6 heteroatoms. The second-order valence-corrected chi connectivity index (χ2v) is 11.4. The van der Waals surface area contributed by atoms with Crippen molar-refractivity contribution < 1.29 is 17.9 Å². The number of benzene rings is 2. The first-order chi connectivity index (χ1) is 15.2. The second kappa shape index (κ2) is 8.99. The smallest absolute Gasteiger partial charge is 0.310 e. The average molecular weight is 456 g/mol. The summed E-state index contributed by atoms with van der Waals surface area (Å²) in [5.41, 5.74) is 8.69. The van der Waals surface area contributed by atoms with Gasteiger partial charge in [-0.3, -0.25) is 4.79 Å². The van der Waals surface area contributed by atoms with Crippen LogP contribution in [0, 0.1) is 20.8 Å². The van der Waals surface area contributed by atoms with Crippen molar-refractivity contribution in [2.24, 2.45) is 0 Å². The first-order valence-corrected chi connectivity index (χ1v) is 13.0. The lowest BCUT2D eigenvalue weighted by Crippen LogP contribution is -2.41. The zero-order valence-electron chi connectivity index (χ0n) is 19.5. The van der Waals surface area contributed by atoms with E-state index in [1.54, 1.807) is 4.31 Å². The maximum absolute atomic E-state index is 13.3. The van der Waals surface area contributed by atoms with E-state index in [0.717, 1.165) is 59.1 Å². The third kappa shape index (κ3) is 4.11. The summed E-state index contributed by atoms with van der Waals surface area (Å²) in [5.74, 6) is -0.262. The zero-order chi connectivity index (χ0) is 23.0. The third-order valence-electron chi connectivity index (χ3n) is 7.32. The number of carbonyl (C=O) groups is 1. The van der Waals surface area contributed by atoms with E-state index in [1.165, 1.54) is 18.2 Å². The van der Waals surface area contributed by atoms with Gasteiger partial charge in [0.25, 0.3) is 0 Å². The van der Waals surface area contributed by atoms with Crippen LogP contribution in [0.5, 0.6) is 0 Å². The number of aryl methyl sites for hydroxylation is 1. The molecule has 5 nitrogen and oxygen atoms in total. The Morgan fingerprint density at radius 2 is 1.69 bits per heavy atom. The van der Waals surface area contributed by atoms with Crippen molar-refractivity contribution in [2.75, 3.05) is 13.7 Å². The van der Waals surface area contributed by atoms with Crippen LogP contribution in [0.2, 0.25) is 0 Å². The Morgan fingerprint density at radius 1 is 1.03 bits per heavy atom. The number of fused-ring (bicyclic) bond motifs is 1. The van der Waals surface area contributed by atoms with E-state index in [4.69, 9.17) is 4.74 Å². The van der Waals surface area contributed by atoms with Crippen LogP contribution in [0.1, 0.15) is 59.1 Å². The predicted molar refractivity (Wildman–Crippen MR) is 127 cm³/mol. The molecule has 4 rings (SSSR count). The minimum atomic E-state index is -3.29. The van der Waals surface area contributed by atoms with Crippen molar-refractivity contribution in [1.82, 2.24) is 4.31 Å². The van der Waals surface area contributed by atoms with Gasteiger partial charge in [-0.05, 0) is 79.0 Å². The van der Waals surface area contributed by atoms with Gasteiger partial charge in [0.15, 0.2) is 0 Å². The first-order valence-electron chi connectivity index (χ1n) is 11.5. The fourth-order valence-electron chi connectivity index (χ4n) is 5.41. The Morgan fingerprint density at radius 3 is 2.31 bits per heavy atom. The van der Waals surface area contributed by atoms with Gasteiger partial charge < -0.3 is 4.74 Å². The van der Waals surface area contributed by atoms with E-state index in [-0.39, 0.29) is 17.6 Å². The lowest BCUT2D eigenvalue weighted by atomic mass is 9.81. The molecule has 0 unspecified atom stereocenters. The quantitative estimate of drug-likeness (QED) is 0.617. The Balaban J connectivity index is 1.83. The zero-order valence-corrected chi connectivity index (χ0v) is 20.3. The predicted octanol–water partition coefficient (Wildman–Crippen LogP) is 4.62. The molecular weight excluding hydrogens is 422 g/mol. The summed E-state index contributed by atoms with van der Waals surface area (Å²) in [5, 5.41) is -0.236. The number of hydrogen-bond acceptors (Lipinski definition) is 4. The van der Waals surface area contributed by atoms with E-state index < -0.39 is 10.0 Å². The van der Waals surface area contributed by atoms with Gasteiger partial charge >= 0.3 is 5.97 Å². The molecule has 2 aromatic rings. The van der Waals surface area contributed by atoms with Crippen LogP contribution in [-0.4, -0.2) is 37.6 Å². The molecule has 0 amide bonds. The fourth-order valence-corrected chi connectivity index (χ4v) is 7.41. The van der Waals surface area contributed by atoms with Crippen LogP contribution in [0.3, 0.4) is 0 Å². The lowest BCUT2D eigenvalue weighted by Gasteiger charge is -2.34. The number of ether oxygens (including phenoxy) is 1. The highest BCUT2D eigenvalue weighted by Crippen LogP contribution is 2.39. The molecule has 2 aromatic carbocycles. The van der Waals surface area contributed by atoms with Gasteiger partial charge in [-0.15, -0.1) is 0 Å². The molecule has 0 aromatic heterocycles. The highest BCUT2D eigenvalue weighted by Gasteiger charge is 2.37. The monoisotopic (exact) mass is 455 g/mol. The molecule has 1 saturated carbocycles. The molecule has 0 atom stereocenters. The van der Waals surface area contributed by atoms with Gasteiger partial charge in [0.2, 0.25) is 10.0 Å². The summed E-state index contributed by atoms with van der Waals surface area (Å²) in [6.45, 7) is 7.11. The minimum Gasteiger partial charge on any atom is -0.469 e. The number of methoxy groups -OCH3 is 1. The molecule has 0 bridgehead atoms. The van der Waals surface area contributed by atoms with E-state index in [9.17, 15) is 13.2 Å². The molecule has 1 heterocycles. The molecule has 0 spiro atoms. The summed E-state index contributed by atoms with van der Waals surface area (Å²) in [4.78, 5) is 12.3. The van der Waals surface area contributed by atoms with Crippen LogP contribution in [0.15, 0.2) is 24.3 Å². The maximum Gasteiger partial charge on any atom is 0.310 e. The van der Waals surface area contributed by atoms with Gasteiger partial charge in [-0.25, -0.2) is 8.42 Å². The van der Waals surface area contributed by atoms with Crippen molar-refractivity contribution in [1.29, 1.82) is 0 Å². The highest BCUT2D eigenvalue weighted by molar-refractivity contribution is 7.89. The maximum atomic E-state index is 13.3. The summed E-state index contributed by atoms with van der Waals surface area (Å²) < 4.78 is 33.3. The molecule has 0 radical (unpaired) electrons. The van der Waals surface area contributed by atoms with Crippen molar-refractivity contribution in [3.63, 3.8) is 0 Å². The van der Waals surface area contributed by atoms with E-state index >= 15 is 0 Å². The lowest BCUT2D eigenvalue weighted by molar-refractivity contribution is -0.139. The van der Waals surface area contributed by atoms with Crippen LogP contribution in [0.25, 0.3) is 11.1 Å². The van der Waals surface area contributed by atoms with Crippen LogP contribution < -0.4 is 0 Å². The normalized spacial score (nSPS) is 17.4. The van der Waals surface area contributed by atoms with Gasteiger partial charge in [-0.2, -0.15) is 4.31 Å². The van der Waals surface area contributed by atoms with Gasteiger partial charge in [-0.1, -0.05) is 42.7 Å². The third-order valence-corrected chi connectivity index (χ3v) is 9.66. The summed E-state index contributed by atoms with van der Waals surface area (Å²) in [7, 11) is -1.87.